The van der Waals surface area contributed by atoms with Crippen LogP contribution in [0.2, 0.25) is 0 Å². The SMILES string of the molecule is Cc1ccc(OCC(=O)Nc2ccc(C)cc2Br)cc1. The Labute approximate surface area is 127 Å². The van der Waals surface area contributed by atoms with Crippen LogP contribution in [-0.2, 0) is 4.79 Å². The van der Waals surface area contributed by atoms with Crippen molar-refractivity contribution >= 4 is 27.5 Å². The molecule has 0 aliphatic carbocycles. The van der Waals surface area contributed by atoms with Crippen LogP contribution in [0.3, 0.4) is 0 Å². The first-order valence-electron chi connectivity index (χ1n) is 6.30. The number of nitrogens with one attached hydrogen (secondary N) is 1. The van der Waals surface area contributed by atoms with E-state index in [0.29, 0.717) is 5.75 Å². The summed E-state index contributed by atoms with van der Waals surface area (Å²) < 4.78 is 6.29. The Morgan fingerprint density at radius 2 is 1.75 bits per heavy atom. The number of hydrogen-bond acceptors (Lipinski definition) is 2. The molecule has 0 atom stereocenters. The quantitative estimate of drug-likeness (QED) is 0.915. The van der Waals surface area contributed by atoms with Crippen LogP contribution in [0.5, 0.6) is 5.75 Å². The summed E-state index contributed by atoms with van der Waals surface area (Å²) in [5.74, 6) is 0.504. The van der Waals surface area contributed by atoms with Crippen molar-refractivity contribution in [2.75, 3.05) is 11.9 Å². The zero-order valence-corrected chi connectivity index (χ0v) is 13.0. The predicted octanol–water partition coefficient (Wildman–Crippen LogP) is 4.08. The molecule has 20 heavy (non-hydrogen) atoms. The van der Waals surface area contributed by atoms with Gasteiger partial charge in [-0.25, -0.2) is 0 Å². The minimum Gasteiger partial charge on any atom is -0.484 e. The van der Waals surface area contributed by atoms with Crippen LogP contribution < -0.4 is 10.1 Å². The highest BCUT2D eigenvalue weighted by molar-refractivity contribution is 9.10. The molecule has 0 radical (unpaired) electrons. The summed E-state index contributed by atoms with van der Waals surface area (Å²) in [6, 6.07) is 13.4. The maximum absolute atomic E-state index is 11.8. The van der Waals surface area contributed by atoms with E-state index in [0.717, 1.165) is 21.3 Å². The van der Waals surface area contributed by atoms with Crippen LogP contribution in [0.25, 0.3) is 0 Å². The molecule has 4 heteroatoms. The zero-order chi connectivity index (χ0) is 14.5. The van der Waals surface area contributed by atoms with Crippen LogP contribution in [0.1, 0.15) is 11.1 Å². The van der Waals surface area contributed by atoms with E-state index in [1.54, 1.807) is 0 Å². The van der Waals surface area contributed by atoms with Gasteiger partial charge in [0.2, 0.25) is 0 Å². The van der Waals surface area contributed by atoms with Crippen LogP contribution >= 0.6 is 15.9 Å². The molecule has 2 aromatic carbocycles. The van der Waals surface area contributed by atoms with Crippen molar-refractivity contribution in [2.45, 2.75) is 13.8 Å². The molecule has 0 unspecified atom stereocenters. The molecule has 1 amide bonds. The monoisotopic (exact) mass is 333 g/mol. The summed E-state index contributed by atoms with van der Waals surface area (Å²) in [4.78, 5) is 11.8. The van der Waals surface area contributed by atoms with Crippen molar-refractivity contribution in [3.63, 3.8) is 0 Å². The van der Waals surface area contributed by atoms with Crippen molar-refractivity contribution in [1.82, 2.24) is 0 Å². The molecule has 0 aromatic heterocycles. The molecule has 0 bridgehead atoms. The molecule has 0 saturated carbocycles. The first-order chi connectivity index (χ1) is 9.54. The second-order valence-corrected chi connectivity index (χ2v) is 5.49. The standard InChI is InChI=1S/C16H16BrNO2/c1-11-3-6-13(7-4-11)20-10-16(19)18-15-8-5-12(2)9-14(15)17/h3-9H,10H2,1-2H3,(H,18,19). The fraction of sp³-hybridized carbons (Fsp3) is 0.188. The number of halogens is 1. The second-order valence-electron chi connectivity index (χ2n) is 4.63. The Morgan fingerprint density at radius 1 is 1.10 bits per heavy atom. The Hall–Kier alpha value is -1.81. The number of anilines is 1. The van der Waals surface area contributed by atoms with Crippen molar-refractivity contribution in [3.8, 4) is 5.75 Å². The molecule has 0 aliphatic heterocycles. The minimum absolute atomic E-state index is 0.0105. The number of carbonyl (C=O) groups excluding carboxylic acids is 1. The Kier molecular flexibility index (Phi) is 4.79. The van der Waals surface area contributed by atoms with Gasteiger partial charge in [-0.2, -0.15) is 0 Å². The summed E-state index contributed by atoms with van der Waals surface area (Å²) in [6.45, 7) is 3.99. The number of benzene rings is 2. The summed E-state index contributed by atoms with van der Waals surface area (Å²) in [7, 11) is 0. The normalized spacial score (nSPS) is 10.2. The van der Waals surface area contributed by atoms with Crippen LogP contribution in [0.15, 0.2) is 46.9 Å². The topological polar surface area (TPSA) is 38.3 Å². The fourth-order valence-electron chi connectivity index (χ4n) is 1.69. The summed E-state index contributed by atoms with van der Waals surface area (Å²) >= 11 is 3.42. The Morgan fingerprint density at radius 3 is 2.40 bits per heavy atom. The van der Waals surface area contributed by atoms with E-state index in [2.05, 4.69) is 21.2 Å². The van der Waals surface area contributed by atoms with Crippen LogP contribution in [-0.4, -0.2) is 12.5 Å². The maximum Gasteiger partial charge on any atom is 0.262 e. The summed E-state index contributed by atoms with van der Waals surface area (Å²) in [5, 5.41) is 2.81. The molecular weight excluding hydrogens is 318 g/mol. The van der Waals surface area contributed by atoms with E-state index in [9.17, 15) is 4.79 Å². The molecule has 0 fully saturated rings. The molecule has 2 aromatic rings. The lowest BCUT2D eigenvalue weighted by atomic mass is 10.2. The largest absolute Gasteiger partial charge is 0.484 e. The van der Waals surface area contributed by atoms with Gasteiger partial charge in [0, 0.05) is 4.47 Å². The van der Waals surface area contributed by atoms with E-state index in [4.69, 9.17) is 4.74 Å². The van der Waals surface area contributed by atoms with Gasteiger partial charge >= 0.3 is 0 Å². The average Bonchev–Trinajstić information content (AvgIpc) is 2.41. The van der Waals surface area contributed by atoms with Gasteiger partial charge in [0.1, 0.15) is 5.75 Å². The number of rotatable bonds is 4. The second kappa shape index (κ2) is 6.57. The lowest BCUT2D eigenvalue weighted by Crippen LogP contribution is -2.20. The first kappa shape index (κ1) is 14.6. The molecule has 3 nitrogen and oxygen atoms in total. The van der Waals surface area contributed by atoms with E-state index in [1.165, 1.54) is 0 Å². The number of hydrogen-bond donors (Lipinski definition) is 1. The number of ether oxygens (including phenoxy) is 1. The number of carbonyl (C=O) groups is 1. The molecule has 2 rings (SSSR count). The van der Waals surface area contributed by atoms with Crippen molar-refractivity contribution < 1.29 is 9.53 Å². The highest BCUT2D eigenvalue weighted by Crippen LogP contribution is 2.23. The zero-order valence-electron chi connectivity index (χ0n) is 11.4. The van der Waals surface area contributed by atoms with Crippen LogP contribution in [0, 0.1) is 13.8 Å². The molecule has 0 spiro atoms. The highest BCUT2D eigenvalue weighted by atomic mass is 79.9. The molecule has 0 saturated heterocycles. The smallest absolute Gasteiger partial charge is 0.262 e. The average molecular weight is 334 g/mol. The molecule has 1 N–H and O–H groups in total. The van der Waals surface area contributed by atoms with Gasteiger partial charge in [0.05, 0.1) is 5.69 Å². The predicted molar refractivity (Wildman–Crippen MR) is 84.2 cm³/mol. The third-order valence-electron chi connectivity index (χ3n) is 2.79. The van der Waals surface area contributed by atoms with Gasteiger partial charge < -0.3 is 10.1 Å². The third kappa shape index (κ3) is 4.10. The van der Waals surface area contributed by atoms with Crippen molar-refractivity contribution in [1.29, 1.82) is 0 Å². The van der Waals surface area contributed by atoms with Crippen molar-refractivity contribution in [3.05, 3.63) is 58.1 Å². The van der Waals surface area contributed by atoms with E-state index in [-0.39, 0.29) is 12.5 Å². The summed E-state index contributed by atoms with van der Waals surface area (Å²) in [6.07, 6.45) is 0. The molecule has 104 valence electrons. The van der Waals surface area contributed by atoms with E-state index < -0.39 is 0 Å². The van der Waals surface area contributed by atoms with Gasteiger partial charge in [-0.1, -0.05) is 23.8 Å². The highest BCUT2D eigenvalue weighted by Gasteiger charge is 2.06. The first-order valence-corrected chi connectivity index (χ1v) is 7.09. The molecule has 0 aliphatic rings. The number of aryl methyl sites for hydroxylation is 2. The maximum atomic E-state index is 11.8. The van der Waals surface area contributed by atoms with Gasteiger partial charge in [0.15, 0.2) is 6.61 Å². The Bertz CT molecular complexity index is 608. The molecular formula is C16H16BrNO2. The van der Waals surface area contributed by atoms with Crippen LogP contribution in [0.4, 0.5) is 5.69 Å². The lowest BCUT2D eigenvalue weighted by molar-refractivity contribution is -0.118. The van der Waals surface area contributed by atoms with E-state index >= 15 is 0 Å². The fourth-order valence-corrected chi connectivity index (χ4v) is 2.28. The van der Waals surface area contributed by atoms with Crippen molar-refractivity contribution in [2.24, 2.45) is 0 Å². The number of amides is 1. The van der Waals surface area contributed by atoms with Gasteiger partial charge in [0.25, 0.3) is 5.91 Å². The lowest BCUT2D eigenvalue weighted by Gasteiger charge is -2.09. The van der Waals surface area contributed by atoms with Gasteiger partial charge in [-0.15, -0.1) is 0 Å². The van der Waals surface area contributed by atoms with E-state index in [1.807, 2.05) is 56.3 Å². The van der Waals surface area contributed by atoms with Gasteiger partial charge in [-0.3, -0.25) is 4.79 Å². The summed E-state index contributed by atoms with van der Waals surface area (Å²) in [5.41, 5.74) is 3.03. The Balaban J connectivity index is 1.90. The molecule has 0 heterocycles. The minimum atomic E-state index is -0.185. The third-order valence-corrected chi connectivity index (χ3v) is 3.45. The van der Waals surface area contributed by atoms with Gasteiger partial charge in [-0.05, 0) is 59.6 Å².